The van der Waals surface area contributed by atoms with Crippen LogP contribution in [0.1, 0.15) is 13.8 Å². The van der Waals surface area contributed by atoms with Gasteiger partial charge in [-0.3, -0.25) is 4.79 Å². The molecule has 96 valence electrons. The Morgan fingerprint density at radius 2 is 2.06 bits per heavy atom. The van der Waals surface area contributed by atoms with E-state index in [4.69, 9.17) is 11.0 Å². The number of nitrogens with two attached hydrogens (primary N) is 1. The molecule has 0 saturated heterocycles. The van der Waals surface area contributed by atoms with E-state index in [-0.39, 0.29) is 22.8 Å². The molecule has 0 unspecified atom stereocenters. The molecule has 1 heterocycles. The van der Waals surface area contributed by atoms with Crippen molar-refractivity contribution >= 4 is 40.6 Å². The second-order valence-electron chi connectivity index (χ2n) is 3.15. The van der Waals surface area contributed by atoms with Gasteiger partial charge < -0.3 is 5.73 Å². The van der Waals surface area contributed by atoms with Gasteiger partial charge in [0, 0.05) is 5.70 Å². The second kappa shape index (κ2) is 7.41. The zero-order chi connectivity index (χ0) is 13.5. The highest BCUT2D eigenvalue weighted by Crippen LogP contribution is 2.28. The molecule has 0 aliphatic carbocycles. The Morgan fingerprint density at radius 3 is 2.56 bits per heavy atom. The normalized spacial score (nSPS) is 11.8. The third-order valence-electron chi connectivity index (χ3n) is 1.77. The van der Waals surface area contributed by atoms with Crippen molar-refractivity contribution in [2.75, 3.05) is 11.5 Å². The number of hydrogen-bond acceptors (Lipinski definition) is 8. The second-order valence-corrected chi connectivity index (χ2v) is 6.86. The summed E-state index contributed by atoms with van der Waals surface area (Å²) in [6.45, 7) is 3.58. The molecule has 0 bridgehead atoms. The van der Waals surface area contributed by atoms with Crippen LogP contribution in [-0.2, 0) is 4.79 Å². The van der Waals surface area contributed by atoms with Crippen molar-refractivity contribution in [2.45, 2.75) is 22.5 Å². The SMILES string of the molecule is CCSc1nnc(SCC(=O)/C(C#N)=C(\C)N)s1. The van der Waals surface area contributed by atoms with Gasteiger partial charge in [-0.2, -0.15) is 5.26 Å². The summed E-state index contributed by atoms with van der Waals surface area (Å²) >= 11 is 4.34. The number of hydrogen-bond donors (Lipinski definition) is 1. The third kappa shape index (κ3) is 4.33. The molecule has 18 heavy (non-hydrogen) atoms. The van der Waals surface area contributed by atoms with Gasteiger partial charge in [0.05, 0.1) is 5.75 Å². The molecule has 0 fully saturated rings. The Bertz CT molecular complexity index is 499. The monoisotopic (exact) mass is 300 g/mol. The fraction of sp³-hybridized carbons (Fsp3) is 0.400. The molecule has 1 aromatic heterocycles. The summed E-state index contributed by atoms with van der Waals surface area (Å²) in [7, 11) is 0. The molecule has 0 saturated carbocycles. The molecule has 1 aromatic rings. The van der Waals surface area contributed by atoms with Gasteiger partial charge in [-0.05, 0) is 12.7 Å². The molecule has 0 amide bonds. The van der Waals surface area contributed by atoms with Crippen molar-refractivity contribution in [3.63, 3.8) is 0 Å². The first kappa shape index (κ1) is 15.0. The molecule has 0 radical (unpaired) electrons. The molecule has 0 atom stereocenters. The number of nitrogens with zero attached hydrogens (tertiary/aromatic N) is 3. The van der Waals surface area contributed by atoms with Crippen molar-refractivity contribution in [1.82, 2.24) is 10.2 Å². The van der Waals surface area contributed by atoms with E-state index >= 15 is 0 Å². The average molecular weight is 300 g/mol. The minimum absolute atomic E-state index is 0.0233. The number of ketones is 1. The maximum Gasteiger partial charge on any atom is 0.185 e. The summed E-state index contributed by atoms with van der Waals surface area (Å²) in [5.74, 6) is 0.816. The van der Waals surface area contributed by atoms with Crippen LogP contribution in [0.3, 0.4) is 0 Å². The molecule has 0 spiro atoms. The summed E-state index contributed by atoms with van der Waals surface area (Å²) in [5.41, 5.74) is 5.73. The van der Waals surface area contributed by atoms with Crippen LogP contribution in [0.25, 0.3) is 0 Å². The van der Waals surface area contributed by atoms with Crippen LogP contribution in [0.4, 0.5) is 0 Å². The Labute approximate surface area is 118 Å². The smallest absolute Gasteiger partial charge is 0.185 e. The minimum atomic E-state index is -0.276. The number of nitriles is 1. The van der Waals surface area contributed by atoms with Crippen LogP contribution >= 0.6 is 34.9 Å². The lowest BCUT2D eigenvalue weighted by molar-refractivity contribution is -0.112. The predicted molar refractivity (Wildman–Crippen MR) is 74.5 cm³/mol. The van der Waals surface area contributed by atoms with E-state index in [9.17, 15) is 4.79 Å². The number of rotatable bonds is 6. The Balaban J connectivity index is 2.57. The molecule has 0 aromatic carbocycles. The van der Waals surface area contributed by atoms with Crippen LogP contribution in [0.15, 0.2) is 19.9 Å². The Hall–Kier alpha value is -1.04. The third-order valence-corrected chi connectivity index (χ3v) is 4.84. The van der Waals surface area contributed by atoms with Crippen molar-refractivity contribution in [1.29, 1.82) is 5.26 Å². The molecular weight excluding hydrogens is 288 g/mol. The standard InChI is InChI=1S/C10H12N4OS3/c1-3-16-9-13-14-10(18-9)17-5-8(15)7(4-11)6(2)12/h3,5,12H2,1-2H3/b7-6+. The van der Waals surface area contributed by atoms with Crippen molar-refractivity contribution < 1.29 is 4.79 Å². The zero-order valence-corrected chi connectivity index (χ0v) is 12.4. The lowest BCUT2D eigenvalue weighted by atomic mass is 10.2. The van der Waals surface area contributed by atoms with Crippen LogP contribution in [0, 0.1) is 11.3 Å². The summed E-state index contributed by atoms with van der Waals surface area (Å²) in [6, 6.07) is 1.82. The Morgan fingerprint density at radius 1 is 1.44 bits per heavy atom. The summed E-state index contributed by atoms with van der Waals surface area (Å²) in [6.07, 6.45) is 0. The van der Waals surface area contributed by atoms with Crippen LogP contribution < -0.4 is 5.73 Å². The lowest BCUT2D eigenvalue weighted by Gasteiger charge is -1.98. The largest absolute Gasteiger partial charge is 0.401 e. The van der Waals surface area contributed by atoms with Crippen LogP contribution in [0.2, 0.25) is 0 Å². The van der Waals surface area contributed by atoms with Crippen molar-refractivity contribution in [3.05, 3.63) is 11.3 Å². The van der Waals surface area contributed by atoms with Crippen molar-refractivity contribution in [3.8, 4) is 6.07 Å². The minimum Gasteiger partial charge on any atom is -0.401 e. The quantitative estimate of drug-likeness (QED) is 0.488. The Kier molecular flexibility index (Phi) is 6.18. The predicted octanol–water partition coefficient (Wildman–Crippen LogP) is 2.07. The van der Waals surface area contributed by atoms with E-state index in [2.05, 4.69) is 10.2 Å². The average Bonchev–Trinajstić information content (AvgIpc) is 2.75. The maximum absolute atomic E-state index is 11.7. The van der Waals surface area contributed by atoms with Gasteiger partial charge in [-0.15, -0.1) is 10.2 Å². The number of carbonyl (C=O) groups excluding carboxylic acids is 1. The number of Topliss-reactive ketones (excluding diaryl/α,β-unsaturated/α-hetero) is 1. The highest BCUT2D eigenvalue weighted by atomic mass is 32.2. The van der Waals surface area contributed by atoms with Gasteiger partial charge in [0.15, 0.2) is 14.5 Å². The van der Waals surface area contributed by atoms with E-state index < -0.39 is 0 Å². The fourth-order valence-electron chi connectivity index (χ4n) is 1.01. The van der Waals surface area contributed by atoms with Gasteiger partial charge in [0.2, 0.25) is 0 Å². The van der Waals surface area contributed by atoms with Crippen LogP contribution in [0.5, 0.6) is 0 Å². The molecule has 8 heteroatoms. The first-order valence-electron chi connectivity index (χ1n) is 5.07. The highest BCUT2D eigenvalue weighted by molar-refractivity contribution is 8.03. The molecule has 0 aliphatic rings. The van der Waals surface area contributed by atoms with Gasteiger partial charge >= 0.3 is 0 Å². The molecule has 5 nitrogen and oxygen atoms in total. The summed E-state index contributed by atoms with van der Waals surface area (Å²) in [4.78, 5) is 11.7. The molecule has 0 aliphatic heterocycles. The molecule has 2 N–H and O–H groups in total. The first-order valence-corrected chi connectivity index (χ1v) is 7.86. The van der Waals surface area contributed by atoms with E-state index in [1.807, 2.05) is 13.0 Å². The fourth-order valence-corrected chi connectivity index (χ4v) is 3.80. The first-order chi connectivity index (χ1) is 8.58. The topological polar surface area (TPSA) is 92.7 Å². The van der Waals surface area contributed by atoms with E-state index in [0.717, 1.165) is 14.4 Å². The van der Waals surface area contributed by atoms with E-state index in [1.165, 1.54) is 23.1 Å². The summed E-state index contributed by atoms with van der Waals surface area (Å²) in [5, 5.41) is 16.7. The van der Waals surface area contributed by atoms with Crippen molar-refractivity contribution in [2.24, 2.45) is 5.73 Å². The van der Waals surface area contributed by atoms with E-state index in [0.29, 0.717) is 0 Å². The highest BCUT2D eigenvalue weighted by Gasteiger charge is 2.13. The molecule has 1 rings (SSSR count). The number of carbonyl (C=O) groups is 1. The van der Waals surface area contributed by atoms with Gasteiger partial charge in [0.1, 0.15) is 11.6 Å². The van der Waals surface area contributed by atoms with Gasteiger partial charge in [0.25, 0.3) is 0 Å². The van der Waals surface area contributed by atoms with Gasteiger partial charge in [-0.25, -0.2) is 0 Å². The summed E-state index contributed by atoms with van der Waals surface area (Å²) < 4.78 is 1.62. The molecular formula is C10H12N4OS3. The number of thioether (sulfide) groups is 2. The maximum atomic E-state index is 11.7. The van der Waals surface area contributed by atoms with Gasteiger partial charge in [-0.1, -0.05) is 41.8 Å². The number of allylic oxidation sites excluding steroid dienone is 2. The van der Waals surface area contributed by atoms with Crippen LogP contribution in [-0.4, -0.2) is 27.5 Å². The van der Waals surface area contributed by atoms with E-state index in [1.54, 1.807) is 18.7 Å². The number of aromatic nitrogens is 2. The lowest BCUT2D eigenvalue weighted by Crippen LogP contribution is -2.10. The zero-order valence-electron chi connectivity index (χ0n) is 9.97.